The summed E-state index contributed by atoms with van der Waals surface area (Å²) in [5, 5.41) is 0.384. The number of hydrogen-bond donors (Lipinski definition) is 0. The Hall–Kier alpha value is -3.50. The van der Waals surface area contributed by atoms with Crippen molar-refractivity contribution in [1.82, 2.24) is 19.8 Å². The quantitative estimate of drug-likeness (QED) is 0.325. The van der Waals surface area contributed by atoms with Crippen LogP contribution < -0.4 is 14.4 Å². The zero-order chi connectivity index (χ0) is 29.4. The summed E-state index contributed by atoms with van der Waals surface area (Å²) in [5.74, 6) is -0.631. The van der Waals surface area contributed by atoms with E-state index in [9.17, 15) is 4.79 Å². The maximum absolute atomic E-state index is 16.4. The molecule has 1 saturated carbocycles. The van der Waals surface area contributed by atoms with Gasteiger partial charge in [-0.1, -0.05) is 24.2 Å². The number of methoxy groups -OCH3 is 1. The van der Waals surface area contributed by atoms with Crippen molar-refractivity contribution in [3.63, 3.8) is 0 Å². The molecule has 0 unspecified atom stereocenters. The summed E-state index contributed by atoms with van der Waals surface area (Å²) in [5.41, 5.74) is -0.234. The number of carbonyl (C=O) groups is 1. The van der Waals surface area contributed by atoms with E-state index in [-0.39, 0.29) is 39.3 Å². The number of carbonyl (C=O) groups excluding carboxylic acids is 1. The first-order valence-corrected chi connectivity index (χ1v) is 14.8. The molecule has 0 radical (unpaired) electrons. The third-order valence-corrected chi connectivity index (χ3v) is 8.81. The van der Waals surface area contributed by atoms with Gasteiger partial charge in [-0.25, -0.2) is 8.78 Å². The number of anilines is 1. The fourth-order valence-electron chi connectivity index (χ4n) is 6.00. The molecule has 3 fully saturated rings. The van der Waals surface area contributed by atoms with Crippen molar-refractivity contribution in [2.45, 2.75) is 31.7 Å². The number of likely N-dealkylation sites (tertiary alicyclic amines) is 1. The topological polar surface area (TPSA) is 71.0 Å². The number of fused-ring (bicyclic) bond motifs is 1. The second-order valence-electron chi connectivity index (χ2n) is 11.1. The van der Waals surface area contributed by atoms with Crippen molar-refractivity contribution >= 4 is 34.2 Å². The van der Waals surface area contributed by atoms with E-state index in [4.69, 9.17) is 26.1 Å². The molecule has 3 aliphatic rings. The number of piperidine rings is 1. The lowest BCUT2D eigenvalue weighted by Crippen LogP contribution is -2.48. The van der Waals surface area contributed by atoms with Crippen molar-refractivity contribution in [3.05, 3.63) is 53.6 Å². The highest BCUT2D eigenvalue weighted by atomic mass is 35.5. The standard InChI is InChI=1S/C31H34ClF2N5O3/c1-3-25(40)38-13-15-39(16-14-38)30-21-17-22(32)26(27-23(33)5-4-6-24(27)41-2)28(34)29(21)35-31(36-30)42-18-19-9-11-37(12-10-19)20-7-8-20/h3-6,17,19-20H,1,7-16,18H2,2H3. The van der Waals surface area contributed by atoms with Crippen molar-refractivity contribution in [2.75, 3.05) is 57.9 Å². The summed E-state index contributed by atoms with van der Waals surface area (Å²) in [6.45, 7) is 7.94. The molecule has 3 heterocycles. The number of hydrogen-bond acceptors (Lipinski definition) is 7. The predicted octanol–water partition coefficient (Wildman–Crippen LogP) is 5.32. The number of benzene rings is 2. The van der Waals surface area contributed by atoms with Gasteiger partial charge in [0.15, 0.2) is 5.82 Å². The summed E-state index contributed by atoms with van der Waals surface area (Å²) in [6, 6.07) is 6.64. The molecule has 8 nitrogen and oxygen atoms in total. The number of rotatable bonds is 8. The zero-order valence-corrected chi connectivity index (χ0v) is 24.4. The third-order valence-electron chi connectivity index (χ3n) is 8.51. The predicted molar refractivity (Wildman–Crippen MR) is 158 cm³/mol. The minimum absolute atomic E-state index is 0.00446. The molecule has 222 valence electrons. The smallest absolute Gasteiger partial charge is 0.319 e. The Balaban J connectivity index is 1.36. The van der Waals surface area contributed by atoms with Gasteiger partial charge in [-0.15, -0.1) is 0 Å². The highest BCUT2D eigenvalue weighted by Crippen LogP contribution is 2.43. The summed E-state index contributed by atoms with van der Waals surface area (Å²) < 4.78 is 43.0. The van der Waals surface area contributed by atoms with Crippen LogP contribution in [0.1, 0.15) is 25.7 Å². The molecule has 3 aromatic rings. The van der Waals surface area contributed by atoms with Crippen LogP contribution >= 0.6 is 11.6 Å². The first-order chi connectivity index (χ1) is 20.4. The van der Waals surface area contributed by atoms with Gasteiger partial charge in [0.25, 0.3) is 0 Å². The molecule has 1 aliphatic carbocycles. The van der Waals surface area contributed by atoms with E-state index in [1.54, 1.807) is 17.0 Å². The highest BCUT2D eigenvalue weighted by molar-refractivity contribution is 6.34. The lowest BCUT2D eigenvalue weighted by Gasteiger charge is -2.35. The van der Waals surface area contributed by atoms with E-state index in [2.05, 4.69) is 16.5 Å². The lowest BCUT2D eigenvalue weighted by atomic mass is 9.98. The van der Waals surface area contributed by atoms with Crippen LogP contribution in [0.25, 0.3) is 22.0 Å². The molecule has 2 aliphatic heterocycles. The van der Waals surface area contributed by atoms with Crippen molar-refractivity contribution in [1.29, 1.82) is 0 Å². The number of aromatic nitrogens is 2. The fraction of sp³-hybridized carbons (Fsp3) is 0.452. The molecule has 42 heavy (non-hydrogen) atoms. The van der Waals surface area contributed by atoms with Gasteiger partial charge in [0.05, 0.1) is 24.3 Å². The average molecular weight is 598 g/mol. The number of ether oxygens (including phenoxy) is 2. The van der Waals surface area contributed by atoms with Gasteiger partial charge in [0, 0.05) is 43.2 Å². The maximum atomic E-state index is 16.4. The number of nitrogens with zero attached hydrogens (tertiary/aromatic N) is 5. The normalized spacial score (nSPS) is 18.4. The zero-order valence-electron chi connectivity index (χ0n) is 23.6. The Bertz CT molecular complexity index is 1500. The van der Waals surface area contributed by atoms with E-state index in [1.807, 2.05) is 4.90 Å². The van der Waals surface area contributed by atoms with E-state index in [0.29, 0.717) is 49.9 Å². The minimum atomic E-state index is -0.785. The van der Waals surface area contributed by atoms with Crippen molar-refractivity contribution in [3.8, 4) is 22.9 Å². The summed E-state index contributed by atoms with van der Waals surface area (Å²) in [4.78, 5) is 27.6. The molecule has 0 bridgehead atoms. The Kier molecular flexibility index (Phi) is 8.18. The number of amides is 1. The van der Waals surface area contributed by atoms with Crippen LogP contribution in [0.3, 0.4) is 0 Å². The molecular formula is C31H34ClF2N5O3. The van der Waals surface area contributed by atoms with Gasteiger partial charge >= 0.3 is 6.01 Å². The van der Waals surface area contributed by atoms with Gasteiger partial charge in [-0.05, 0) is 69.0 Å². The van der Waals surface area contributed by atoms with E-state index < -0.39 is 11.6 Å². The molecule has 6 rings (SSSR count). The molecule has 0 spiro atoms. The Morgan fingerprint density at radius 2 is 1.81 bits per heavy atom. The number of halogens is 3. The second kappa shape index (κ2) is 12.0. The SMILES string of the molecule is C=CC(=O)N1CCN(c2nc(OCC3CCN(C4CC4)CC3)nc3c(F)c(-c4c(F)cccc4OC)c(Cl)cc23)CC1. The number of piperazine rings is 1. The van der Waals surface area contributed by atoms with Gasteiger partial charge < -0.3 is 24.2 Å². The van der Waals surface area contributed by atoms with E-state index in [1.165, 1.54) is 38.2 Å². The largest absolute Gasteiger partial charge is 0.496 e. The lowest BCUT2D eigenvalue weighted by molar-refractivity contribution is -0.126. The molecule has 1 amide bonds. The first kappa shape index (κ1) is 28.6. The molecule has 0 atom stereocenters. The van der Waals surface area contributed by atoms with Gasteiger partial charge in [0.1, 0.15) is 22.9 Å². The summed E-state index contributed by atoms with van der Waals surface area (Å²) >= 11 is 6.64. The Morgan fingerprint density at radius 1 is 1.07 bits per heavy atom. The molecule has 11 heteroatoms. The Labute approximate surface area is 248 Å². The first-order valence-electron chi connectivity index (χ1n) is 14.4. The highest BCUT2D eigenvalue weighted by Gasteiger charge is 2.32. The summed E-state index contributed by atoms with van der Waals surface area (Å²) in [6.07, 6.45) is 5.93. The second-order valence-corrected chi connectivity index (χ2v) is 11.5. The van der Waals surface area contributed by atoms with Crippen LogP contribution in [-0.4, -0.2) is 84.7 Å². The van der Waals surface area contributed by atoms with Gasteiger partial charge in [-0.3, -0.25) is 4.79 Å². The Morgan fingerprint density at radius 3 is 2.48 bits per heavy atom. The van der Waals surface area contributed by atoms with Crippen molar-refractivity contribution < 1.29 is 23.0 Å². The van der Waals surface area contributed by atoms with E-state index in [0.717, 1.165) is 32.0 Å². The summed E-state index contributed by atoms with van der Waals surface area (Å²) in [7, 11) is 1.39. The maximum Gasteiger partial charge on any atom is 0.319 e. The van der Waals surface area contributed by atoms with Crippen LogP contribution in [0.15, 0.2) is 36.9 Å². The molecule has 1 aromatic heterocycles. The monoisotopic (exact) mass is 597 g/mol. The van der Waals surface area contributed by atoms with Gasteiger partial charge in [-0.2, -0.15) is 9.97 Å². The minimum Gasteiger partial charge on any atom is -0.496 e. The van der Waals surface area contributed by atoms with Crippen LogP contribution in [0, 0.1) is 17.6 Å². The van der Waals surface area contributed by atoms with E-state index >= 15 is 8.78 Å². The molecule has 2 aromatic carbocycles. The van der Waals surface area contributed by atoms with Crippen LogP contribution in [0.2, 0.25) is 5.02 Å². The average Bonchev–Trinajstić information content (AvgIpc) is 3.86. The molecule has 0 N–H and O–H groups in total. The van der Waals surface area contributed by atoms with Gasteiger partial charge in [0.2, 0.25) is 5.91 Å². The third kappa shape index (κ3) is 5.62. The van der Waals surface area contributed by atoms with Crippen LogP contribution in [0.4, 0.5) is 14.6 Å². The molecule has 2 saturated heterocycles. The van der Waals surface area contributed by atoms with Crippen molar-refractivity contribution in [2.24, 2.45) is 5.92 Å². The van der Waals surface area contributed by atoms with Crippen LogP contribution in [-0.2, 0) is 4.79 Å². The van der Waals surface area contributed by atoms with Crippen LogP contribution in [0.5, 0.6) is 11.8 Å². The molecular weight excluding hydrogens is 564 g/mol. The fourth-order valence-corrected chi connectivity index (χ4v) is 6.28.